The minimum absolute atomic E-state index is 0.119. The van der Waals surface area contributed by atoms with Gasteiger partial charge in [0.2, 0.25) is 0 Å². The SMILES string of the molecule is COc1ccc([C@H]2C(C(C)=O)=C(C)N=c3s/c(=C/c4ccc(OC)c(OC)c4)c(=O)n32)cc1. The predicted octanol–water partition coefficient (Wildman–Crippen LogP) is 2.85. The van der Waals surface area contributed by atoms with Crippen molar-refractivity contribution in [3.8, 4) is 17.2 Å². The highest BCUT2D eigenvalue weighted by Crippen LogP contribution is 2.31. The van der Waals surface area contributed by atoms with Crippen LogP contribution in [0.5, 0.6) is 17.2 Å². The molecule has 3 aromatic rings. The maximum atomic E-state index is 13.5. The van der Waals surface area contributed by atoms with Crippen molar-refractivity contribution in [2.24, 2.45) is 4.99 Å². The molecule has 4 rings (SSSR count). The first-order valence-electron chi connectivity index (χ1n) is 10.3. The average molecular weight is 465 g/mol. The lowest BCUT2D eigenvalue weighted by Crippen LogP contribution is -2.39. The van der Waals surface area contributed by atoms with E-state index in [1.165, 1.54) is 18.3 Å². The lowest BCUT2D eigenvalue weighted by molar-refractivity contribution is -0.114. The number of hydrogen-bond acceptors (Lipinski definition) is 7. The Morgan fingerprint density at radius 1 is 1.03 bits per heavy atom. The molecule has 0 N–H and O–H groups in total. The molecule has 1 aromatic heterocycles. The second-order valence-electron chi connectivity index (χ2n) is 7.53. The smallest absolute Gasteiger partial charge is 0.271 e. The van der Waals surface area contributed by atoms with Crippen molar-refractivity contribution >= 4 is 23.2 Å². The summed E-state index contributed by atoms with van der Waals surface area (Å²) in [6, 6.07) is 12.3. The van der Waals surface area contributed by atoms with E-state index in [1.54, 1.807) is 45.0 Å². The Morgan fingerprint density at radius 2 is 1.73 bits per heavy atom. The van der Waals surface area contributed by atoms with Gasteiger partial charge in [0.25, 0.3) is 5.56 Å². The molecule has 0 saturated carbocycles. The Hall–Kier alpha value is -3.65. The number of ketones is 1. The normalized spacial score (nSPS) is 15.7. The Balaban J connectivity index is 1.92. The number of allylic oxidation sites excluding steroid dienone is 2. The number of ether oxygens (including phenoxy) is 3. The van der Waals surface area contributed by atoms with E-state index in [0.717, 1.165) is 11.1 Å². The van der Waals surface area contributed by atoms with Crippen LogP contribution in [0.15, 0.2) is 63.5 Å². The van der Waals surface area contributed by atoms with Crippen molar-refractivity contribution < 1.29 is 19.0 Å². The van der Waals surface area contributed by atoms with Crippen molar-refractivity contribution in [1.82, 2.24) is 4.57 Å². The molecule has 0 radical (unpaired) electrons. The van der Waals surface area contributed by atoms with E-state index in [1.807, 2.05) is 36.4 Å². The number of fused-ring (bicyclic) bond motifs is 1. The fraction of sp³-hybridized carbons (Fsp3) is 0.240. The monoisotopic (exact) mass is 464 g/mol. The van der Waals surface area contributed by atoms with Crippen LogP contribution >= 0.6 is 11.3 Å². The van der Waals surface area contributed by atoms with E-state index in [2.05, 4.69) is 4.99 Å². The topological polar surface area (TPSA) is 79.1 Å². The van der Waals surface area contributed by atoms with E-state index in [0.29, 0.717) is 37.9 Å². The highest BCUT2D eigenvalue weighted by Gasteiger charge is 2.30. The van der Waals surface area contributed by atoms with Gasteiger partial charge in [-0.1, -0.05) is 29.5 Å². The number of rotatable bonds is 6. The minimum Gasteiger partial charge on any atom is -0.497 e. The van der Waals surface area contributed by atoms with E-state index >= 15 is 0 Å². The third-order valence-corrected chi connectivity index (χ3v) is 6.52. The summed E-state index contributed by atoms with van der Waals surface area (Å²) in [5.74, 6) is 1.76. The van der Waals surface area contributed by atoms with Gasteiger partial charge in [0, 0.05) is 11.3 Å². The molecule has 0 amide bonds. The highest BCUT2D eigenvalue weighted by molar-refractivity contribution is 7.07. The van der Waals surface area contributed by atoms with Crippen molar-refractivity contribution in [3.05, 3.63) is 84.5 Å². The summed E-state index contributed by atoms with van der Waals surface area (Å²) >= 11 is 1.29. The summed E-state index contributed by atoms with van der Waals surface area (Å²) in [5.41, 5.74) is 2.52. The van der Waals surface area contributed by atoms with Crippen LogP contribution in [0.1, 0.15) is 31.0 Å². The largest absolute Gasteiger partial charge is 0.497 e. The lowest BCUT2D eigenvalue weighted by Gasteiger charge is -2.24. The van der Waals surface area contributed by atoms with Gasteiger partial charge in [-0.2, -0.15) is 0 Å². The van der Waals surface area contributed by atoms with Crippen molar-refractivity contribution in [2.75, 3.05) is 21.3 Å². The van der Waals surface area contributed by atoms with Crippen molar-refractivity contribution in [2.45, 2.75) is 19.9 Å². The molecule has 170 valence electrons. The maximum Gasteiger partial charge on any atom is 0.271 e. The molecule has 0 aliphatic carbocycles. The van der Waals surface area contributed by atoms with E-state index in [4.69, 9.17) is 14.2 Å². The van der Waals surface area contributed by atoms with Crippen LogP contribution < -0.4 is 29.1 Å². The zero-order valence-corrected chi connectivity index (χ0v) is 19.9. The first-order chi connectivity index (χ1) is 15.9. The number of aromatic nitrogens is 1. The second kappa shape index (κ2) is 9.07. The lowest BCUT2D eigenvalue weighted by atomic mass is 9.93. The summed E-state index contributed by atoms with van der Waals surface area (Å²) in [6.07, 6.45) is 1.80. The van der Waals surface area contributed by atoms with Gasteiger partial charge >= 0.3 is 0 Å². The molecule has 0 saturated heterocycles. The molecule has 0 bridgehead atoms. The van der Waals surface area contributed by atoms with Crippen LogP contribution in [0.25, 0.3) is 6.08 Å². The maximum absolute atomic E-state index is 13.5. The summed E-state index contributed by atoms with van der Waals surface area (Å²) in [6.45, 7) is 3.31. The number of nitrogens with zero attached hydrogens (tertiary/aromatic N) is 2. The third kappa shape index (κ3) is 4.09. The number of methoxy groups -OCH3 is 3. The quantitative estimate of drug-likeness (QED) is 0.561. The second-order valence-corrected chi connectivity index (χ2v) is 8.53. The molecule has 1 aliphatic heterocycles. The molecule has 0 spiro atoms. The predicted molar refractivity (Wildman–Crippen MR) is 127 cm³/mol. The number of Topliss-reactive ketones (excluding diaryl/α,β-unsaturated/α-hetero) is 1. The third-order valence-electron chi connectivity index (χ3n) is 5.54. The number of hydrogen-bond donors (Lipinski definition) is 0. The Bertz CT molecular complexity index is 1430. The molecule has 0 fully saturated rings. The van der Waals surface area contributed by atoms with E-state index < -0.39 is 6.04 Å². The fourth-order valence-corrected chi connectivity index (χ4v) is 5.01. The first-order valence-corrected chi connectivity index (χ1v) is 11.1. The Morgan fingerprint density at radius 3 is 2.33 bits per heavy atom. The van der Waals surface area contributed by atoms with Gasteiger partial charge in [0.1, 0.15) is 5.75 Å². The molecular formula is C25H24N2O5S. The van der Waals surface area contributed by atoms with Crippen molar-refractivity contribution in [3.63, 3.8) is 0 Å². The Labute approximate surface area is 194 Å². The van der Waals surface area contributed by atoms with Gasteiger partial charge in [0.15, 0.2) is 22.1 Å². The van der Waals surface area contributed by atoms with Crippen LogP contribution in [-0.2, 0) is 4.79 Å². The molecule has 0 unspecified atom stereocenters. The van der Waals surface area contributed by atoms with Crippen LogP contribution in [0.3, 0.4) is 0 Å². The number of carbonyl (C=O) groups is 1. The van der Waals surface area contributed by atoms with Gasteiger partial charge in [-0.3, -0.25) is 14.2 Å². The average Bonchev–Trinajstić information content (AvgIpc) is 3.12. The van der Waals surface area contributed by atoms with Crippen LogP contribution in [0.4, 0.5) is 0 Å². The van der Waals surface area contributed by atoms with Gasteiger partial charge in [-0.25, -0.2) is 4.99 Å². The summed E-state index contributed by atoms with van der Waals surface area (Å²) < 4.78 is 18.0. The van der Waals surface area contributed by atoms with Gasteiger partial charge < -0.3 is 14.2 Å². The molecule has 8 heteroatoms. The highest BCUT2D eigenvalue weighted by atomic mass is 32.1. The van der Waals surface area contributed by atoms with Crippen LogP contribution in [0.2, 0.25) is 0 Å². The standard InChI is InChI=1S/C25H24N2O5S/c1-14-22(15(2)28)23(17-7-9-18(30-3)10-8-17)27-24(29)21(33-25(27)26-14)13-16-6-11-19(31-4)20(12-16)32-5/h6-13,23H,1-5H3/b21-13+/t23-/m0/s1. The molecule has 2 aromatic carbocycles. The molecule has 7 nitrogen and oxygen atoms in total. The van der Waals surface area contributed by atoms with Gasteiger partial charge in [-0.15, -0.1) is 0 Å². The molecule has 2 heterocycles. The van der Waals surface area contributed by atoms with E-state index in [9.17, 15) is 9.59 Å². The van der Waals surface area contributed by atoms with Gasteiger partial charge in [-0.05, 0) is 55.3 Å². The molecule has 1 atom stereocenters. The zero-order valence-electron chi connectivity index (χ0n) is 19.0. The minimum atomic E-state index is -0.558. The zero-order chi connectivity index (χ0) is 23.7. The first kappa shape index (κ1) is 22.5. The fourth-order valence-electron chi connectivity index (χ4n) is 3.97. The molecule has 1 aliphatic rings. The van der Waals surface area contributed by atoms with Crippen molar-refractivity contribution in [1.29, 1.82) is 0 Å². The molecule has 33 heavy (non-hydrogen) atoms. The van der Waals surface area contributed by atoms with Crippen LogP contribution in [-0.4, -0.2) is 31.7 Å². The number of carbonyl (C=O) groups excluding carboxylic acids is 1. The molecular weight excluding hydrogens is 440 g/mol. The number of thiazole rings is 1. The summed E-state index contributed by atoms with van der Waals surface area (Å²) in [7, 11) is 4.73. The van der Waals surface area contributed by atoms with Gasteiger partial charge in [0.05, 0.1) is 31.9 Å². The van der Waals surface area contributed by atoms with Crippen LogP contribution in [0, 0.1) is 0 Å². The summed E-state index contributed by atoms with van der Waals surface area (Å²) in [4.78, 5) is 31.3. The summed E-state index contributed by atoms with van der Waals surface area (Å²) in [5, 5.41) is 0. The number of benzene rings is 2. The Kier molecular flexibility index (Phi) is 6.20. The van der Waals surface area contributed by atoms with E-state index in [-0.39, 0.29) is 11.3 Å².